The van der Waals surface area contributed by atoms with E-state index in [4.69, 9.17) is 15.2 Å². The molecule has 7 heteroatoms. The van der Waals surface area contributed by atoms with Crippen molar-refractivity contribution in [3.8, 4) is 0 Å². The van der Waals surface area contributed by atoms with E-state index in [0.29, 0.717) is 29.4 Å². The molecule has 25 heavy (non-hydrogen) atoms. The summed E-state index contributed by atoms with van der Waals surface area (Å²) in [6, 6.07) is 0.482. The molecule has 2 aliphatic heterocycles. The SMILES string of the molecule is I.NC(=NCCCN1CCOCC1)NC1C2CCOC2C12CCCC2. The van der Waals surface area contributed by atoms with Crippen LogP contribution in [-0.2, 0) is 9.47 Å². The molecule has 3 unspecified atom stereocenters. The van der Waals surface area contributed by atoms with E-state index in [2.05, 4.69) is 15.2 Å². The summed E-state index contributed by atoms with van der Waals surface area (Å²) in [5.74, 6) is 1.28. The highest BCUT2D eigenvalue weighted by Gasteiger charge is 2.65. The number of halogens is 1. The Morgan fingerprint density at radius 1 is 1.20 bits per heavy atom. The zero-order valence-corrected chi connectivity index (χ0v) is 17.5. The van der Waals surface area contributed by atoms with Crippen molar-refractivity contribution in [1.82, 2.24) is 10.2 Å². The highest BCUT2D eigenvalue weighted by molar-refractivity contribution is 14.0. The molecule has 0 radical (unpaired) electrons. The fourth-order valence-electron chi connectivity index (χ4n) is 5.43. The zero-order chi connectivity index (χ0) is 16.4. The number of nitrogens with one attached hydrogen (secondary N) is 1. The van der Waals surface area contributed by atoms with Gasteiger partial charge in [0, 0.05) is 50.2 Å². The zero-order valence-electron chi connectivity index (χ0n) is 15.1. The monoisotopic (exact) mass is 464 g/mol. The van der Waals surface area contributed by atoms with Crippen LogP contribution in [0.25, 0.3) is 0 Å². The average molecular weight is 464 g/mol. The topological polar surface area (TPSA) is 72.1 Å². The molecule has 0 aromatic heterocycles. The summed E-state index contributed by atoms with van der Waals surface area (Å²) >= 11 is 0. The molecule has 2 saturated carbocycles. The molecule has 3 atom stereocenters. The molecule has 4 fully saturated rings. The first-order valence-corrected chi connectivity index (χ1v) is 9.78. The van der Waals surface area contributed by atoms with Crippen LogP contribution in [0.5, 0.6) is 0 Å². The van der Waals surface area contributed by atoms with Crippen LogP contribution in [0, 0.1) is 11.3 Å². The lowest BCUT2D eigenvalue weighted by Crippen LogP contribution is -2.69. The summed E-state index contributed by atoms with van der Waals surface area (Å²) in [4.78, 5) is 7.03. The van der Waals surface area contributed by atoms with Gasteiger partial charge in [-0.15, -0.1) is 24.0 Å². The Morgan fingerprint density at radius 2 is 1.96 bits per heavy atom. The van der Waals surface area contributed by atoms with Crippen molar-refractivity contribution < 1.29 is 9.47 Å². The Kier molecular flexibility index (Phi) is 6.84. The molecular weight excluding hydrogens is 431 g/mol. The standard InChI is InChI=1S/C18H32N4O2.HI/c19-17(20-7-3-8-22-9-12-23-13-10-22)21-15-14-4-11-24-16(14)18(15)5-1-2-6-18;/h14-16H,1-13H2,(H3,19,20,21);1H. The number of morpholine rings is 1. The van der Waals surface area contributed by atoms with Gasteiger partial charge in [-0.25, -0.2) is 0 Å². The van der Waals surface area contributed by atoms with Gasteiger partial charge < -0.3 is 20.5 Å². The number of nitrogens with two attached hydrogens (primary N) is 1. The second-order valence-corrected chi connectivity index (χ2v) is 7.88. The minimum absolute atomic E-state index is 0. The Bertz CT molecular complexity index is 464. The van der Waals surface area contributed by atoms with Crippen molar-refractivity contribution in [2.45, 2.75) is 50.7 Å². The maximum Gasteiger partial charge on any atom is 0.188 e. The Hall–Kier alpha value is -0.120. The second kappa shape index (κ2) is 8.71. The van der Waals surface area contributed by atoms with Gasteiger partial charge in [0.05, 0.1) is 19.3 Å². The van der Waals surface area contributed by atoms with Gasteiger partial charge in [-0.1, -0.05) is 12.8 Å². The summed E-state index contributed by atoms with van der Waals surface area (Å²) in [7, 11) is 0. The van der Waals surface area contributed by atoms with E-state index in [0.717, 1.165) is 52.4 Å². The van der Waals surface area contributed by atoms with Crippen molar-refractivity contribution in [2.75, 3.05) is 46.0 Å². The van der Waals surface area contributed by atoms with E-state index in [1.165, 1.54) is 32.1 Å². The first kappa shape index (κ1) is 19.6. The number of hydrogen-bond acceptors (Lipinski definition) is 4. The van der Waals surface area contributed by atoms with E-state index in [-0.39, 0.29) is 24.0 Å². The minimum Gasteiger partial charge on any atom is -0.379 e. The molecule has 4 rings (SSSR count). The number of guanidine groups is 1. The number of nitrogens with zero attached hydrogens (tertiary/aromatic N) is 2. The number of hydrogen-bond donors (Lipinski definition) is 2. The summed E-state index contributed by atoms with van der Waals surface area (Å²) in [6.45, 7) is 6.64. The first-order chi connectivity index (χ1) is 11.8. The summed E-state index contributed by atoms with van der Waals surface area (Å²) in [5.41, 5.74) is 6.54. The van der Waals surface area contributed by atoms with Gasteiger partial charge in [-0.2, -0.15) is 0 Å². The van der Waals surface area contributed by atoms with Gasteiger partial charge >= 0.3 is 0 Å². The molecular formula is C18H33IN4O2. The van der Waals surface area contributed by atoms with E-state index in [9.17, 15) is 0 Å². The maximum absolute atomic E-state index is 6.20. The fraction of sp³-hybridized carbons (Fsp3) is 0.944. The van der Waals surface area contributed by atoms with E-state index in [1.54, 1.807) is 0 Å². The van der Waals surface area contributed by atoms with Gasteiger partial charge in [-0.05, 0) is 25.7 Å². The molecule has 1 spiro atoms. The van der Waals surface area contributed by atoms with E-state index in [1.807, 2.05) is 0 Å². The summed E-state index contributed by atoms with van der Waals surface area (Å²) in [5, 5.41) is 3.57. The fourth-order valence-corrected chi connectivity index (χ4v) is 5.43. The van der Waals surface area contributed by atoms with Crippen LogP contribution in [0.1, 0.15) is 38.5 Å². The number of rotatable bonds is 5. The number of fused-ring (bicyclic) bond motifs is 2. The van der Waals surface area contributed by atoms with Crippen LogP contribution in [0.2, 0.25) is 0 Å². The minimum atomic E-state index is 0. The molecule has 2 heterocycles. The van der Waals surface area contributed by atoms with Crippen LogP contribution >= 0.6 is 24.0 Å². The maximum atomic E-state index is 6.20. The lowest BCUT2D eigenvalue weighted by Gasteiger charge is -2.57. The van der Waals surface area contributed by atoms with Crippen molar-refractivity contribution in [3.05, 3.63) is 0 Å². The Labute approximate surface area is 168 Å². The normalized spacial score (nSPS) is 34.4. The predicted molar refractivity (Wildman–Crippen MR) is 109 cm³/mol. The van der Waals surface area contributed by atoms with Crippen LogP contribution < -0.4 is 11.1 Å². The molecule has 2 saturated heterocycles. The molecule has 0 bridgehead atoms. The molecule has 0 aromatic rings. The Balaban J connectivity index is 0.00000182. The second-order valence-electron chi connectivity index (χ2n) is 7.88. The predicted octanol–water partition coefficient (Wildman–Crippen LogP) is 1.58. The molecule has 6 nitrogen and oxygen atoms in total. The van der Waals surface area contributed by atoms with Gasteiger partial charge in [0.1, 0.15) is 0 Å². The molecule has 0 aromatic carbocycles. The summed E-state index contributed by atoms with van der Waals surface area (Å²) < 4.78 is 11.4. The lowest BCUT2D eigenvalue weighted by atomic mass is 9.54. The first-order valence-electron chi connectivity index (χ1n) is 9.78. The third kappa shape index (κ3) is 3.94. The van der Waals surface area contributed by atoms with Crippen molar-refractivity contribution in [1.29, 1.82) is 0 Å². The molecule has 144 valence electrons. The van der Waals surface area contributed by atoms with Crippen LogP contribution in [-0.4, -0.2) is 69.0 Å². The third-order valence-corrected chi connectivity index (χ3v) is 6.61. The van der Waals surface area contributed by atoms with Gasteiger partial charge in [-0.3, -0.25) is 9.89 Å². The van der Waals surface area contributed by atoms with Gasteiger partial charge in [0.15, 0.2) is 5.96 Å². The number of aliphatic imine (C=N–C) groups is 1. The molecule has 4 aliphatic rings. The van der Waals surface area contributed by atoms with Gasteiger partial charge in [0.2, 0.25) is 0 Å². The highest BCUT2D eigenvalue weighted by atomic mass is 127. The van der Waals surface area contributed by atoms with Crippen LogP contribution in [0.3, 0.4) is 0 Å². The van der Waals surface area contributed by atoms with Gasteiger partial charge in [0.25, 0.3) is 0 Å². The van der Waals surface area contributed by atoms with Crippen molar-refractivity contribution in [2.24, 2.45) is 22.1 Å². The summed E-state index contributed by atoms with van der Waals surface area (Å²) in [6.07, 6.45) is 7.96. The molecule has 3 N–H and O–H groups in total. The van der Waals surface area contributed by atoms with Crippen molar-refractivity contribution in [3.63, 3.8) is 0 Å². The quantitative estimate of drug-likeness (QED) is 0.280. The van der Waals surface area contributed by atoms with Crippen LogP contribution in [0.4, 0.5) is 0 Å². The van der Waals surface area contributed by atoms with Crippen molar-refractivity contribution >= 4 is 29.9 Å². The smallest absolute Gasteiger partial charge is 0.188 e. The van der Waals surface area contributed by atoms with E-state index >= 15 is 0 Å². The largest absolute Gasteiger partial charge is 0.379 e. The highest BCUT2D eigenvalue weighted by Crippen LogP contribution is 2.60. The Morgan fingerprint density at radius 3 is 2.72 bits per heavy atom. The number of ether oxygens (including phenoxy) is 2. The molecule has 2 aliphatic carbocycles. The molecule has 0 amide bonds. The lowest BCUT2D eigenvalue weighted by molar-refractivity contribution is -0.124. The average Bonchev–Trinajstić information content (AvgIpc) is 3.26. The van der Waals surface area contributed by atoms with E-state index < -0.39 is 0 Å². The third-order valence-electron chi connectivity index (χ3n) is 6.61. The van der Waals surface area contributed by atoms with Crippen LogP contribution in [0.15, 0.2) is 4.99 Å².